The first-order valence-corrected chi connectivity index (χ1v) is 7.23. The molecule has 2 aliphatic rings. The number of carbonyl (C=O) groups excluding carboxylic acids is 1. The first-order chi connectivity index (χ1) is 8.98. The van der Waals surface area contributed by atoms with Gasteiger partial charge in [0.05, 0.1) is 6.42 Å². The van der Waals surface area contributed by atoms with Crippen molar-refractivity contribution < 1.29 is 14.7 Å². The average molecular weight is 268 g/mol. The Labute approximate surface area is 114 Å². The van der Waals surface area contributed by atoms with Gasteiger partial charge < -0.3 is 15.3 Å². The summed E-state index contributed by atoms with van der Waals surface area (Å²) in [6.45, 7) is 4.14. The van der Waals surface area contributed by atoms with E-state index in [9.17, 15) is 9.59 Å². The number of likely N-dealkylation sites (tertiary alicyclic amines) is 1. The third kappa shape index (κ3) is 3.85. The van der Waals surface area contributed by atoms with Crippen LogP contribution >= 0.6 is 0 Å². The van der Waals surface area contributed by atoms with E-state index in [-0.39, 0.29) is 23.8 Å². The minimum Gasteiger partial charge on any atom is -0.481 e. The molecule has 0 aromatic carbocycles. The number of nitrogens with zero attached hydrogens (tertiary/aromatic N) is 1. The lowest BCUT2D eigenvalue weighted by molar-refractivity contribution is -0.139. The van der Waals surface area contributed by atoms with Crippen LogP contribution in [0.4, 0.5) is 4.79 Å². The monoisotopic (exact) mass is 268 g/mol. The van der Waals surface area contributed by atoms with Gasteiger partial charge in [0.1, 0.15) is 0 Å². The van der Waals surface area contributed by atoms with Gasteiger partial charge in [-0.3, -0.25) is 4.79 Å². The maximum absolute atomic E-state index is 11.9. The van der Waals surface area contributed by atoms with Crippen molar-refractivity contribution in [3.05, 3.63) is 0 Å². The summed E-state index contributed by atoms with van der Waals surface area (Å²) in [4.78, 5) is 24.2. The summed E-state index contributed by atoms with van der Waals surface area (Å²) in [5.74, 6) is -0.645. The van der Waals surface area contributed by atoms with Crippen molar-refractivity contribution in [1.82, 2.24) is 10.2 Å². The van der Waals surface area contributed by atoms with Crippen molar-refractivity contribution in [2.75, 3.05) is 19.6 Å². The first-order valence-electron chi connectivity index (χ1n) is 7.23. The Morgan fingerprint density at radius 3 is 2.47 bits per heavy atom. The molecule has 0 aromatic rings. The number of carboxylic acids is 1. The molecular weight excluding hydrogens is 244 g/mol. The molecule has 1 aliphatic heterocycles. The van der Waals surface area contributed by atoms with Crippen LogP contribution in [0, 0.1) is 11.3 Å². The second kappa shape index (κ2) is 5.80. The summed E-state index contributed by atoms with van der Waals surface area (Å²) in [6.07, 6.45) is 6.38. The van der Waals surface area contributed by atoms with E-state index in [1.807, 2.05) is 0 Å². The fourth-order valence-electron chi connectivity index (χ4n) is 3.09. The molecule has 2 amide bonds. The summed E-state index contributed by atoms with van der Waals surface area (Å²) in [6, 6.07) is -0.0339. The third-order valence-electron chi connectivity index (χ3n) is 4.43. The fraction of sp³-hybridized carbons (Fsp3) is 0.857. The number of amides is 2. The zero-order chi connectivity index (χ0) is 13.9. The van der Waals surface area contributed by atoms with Crippen LogP contribution < -0.4 is 5.32 Å². The molecule has 5 heteroatoms. The molecule has 1 heterocycles. The summed E-state index contributed by atoms with van der Waals surface area (Å²) in [5, 5.41) is 11.7. The maximum Gasteiger partial charge on any atom is 0.317 e. The highest BCUT2D eigenvalue weighted by Gasteiger charge is 2.33. The van der Waals surface area contributed by atoms with E-state index in [2.05, 4.69) is 12.2 Å². The van der Waals surface area contributed by atoms with Crippen LogP contribution in [-0.4, -0.2) is 41.6 Å². The van der Waals surface area contributed by atoms with Crippen molar-refractivity contribution in [2.45, 2.75) is 45.4 Å². The van der Waals surface area contributed by atoms with Crippen LogP contribution in [-0.2, 0) is 4.79 Å². The predicted molar refractivity (Wildman–Crippen MR) is 71.9 cm³/mol. The number of hydrogen-bond acceptors (Lipinski definition) is 2. The van der Waals surface area contributed by atoms with Crippen molar-refractivity contribution >= 4 is 12.0 Å². The Balaban J connectivity index is 1.67. The Kier molecular flexibility index (Phi) is 4.32. The number of nitrogens with one attached hydrogen (secondary N) is 1. The zero-order valence-corrected chi connectivity index (χ0v) is 11.7. The molecule has 2 fully saturated rings. The van der Waals surface area contributed by atoms with E-state index >= 15 is 0 Å². The molecule has 0 atom stereocenters. The average Bonchev–Trinajstić information content (AvgIpc) is 2.31. The smallest absolute Gasteiger partial charge is 0.317 e. The Morgan fingerprint density at radius 1 is 1.26 bits per heavy atom. The summed E-state index contributed by atoms with van der Waals surface area (Å²) >= 11 is 0. The van der Waals surface area contributed by atoms with Gasteiger partial charge >= 0.3 is 12.0 Å². The number of rotatable bonds is 4. The molecule has 1 aliphatic carbocycles. The van der Waals surface area contributed by atoms with Crippen LogP contribution in [0.3, 0.4) is 0 Å². The van der Waals surface area contributed by atoms with E-state index < -0.39 is 5.97 Å². The van der Waals surface area contributed by atoms with E-state index in [1.54, 1.807) is 4.90 Å². The van der Waals surface area contributed by atoms with E-state index in [4.69, 9.17) is 5.11 Å². The summed E-state index contributed by atoms with van der Waals surface area (Å²) in [7, 11) is 0. The molecule has 2 N–H and O–H groups in total. The minimum atomic E-state index is -0.778. The van der Waals surface area contributed by atoms with Crippen molar-refractivity contribution in [2.24, 2.45) is 11.3 Å². The highest BCUT2D eigenvalue weighted by atomic mass is 16.4. The minimum absolute atomic E-state index is 0.0339. The van der Waals surface area contributed by atoms with Crippen molar-refractivity contribution in [3.63, 3.8) is 0 Å². The highest BCUT2D eigenvalue weighted by Crippen LogP contribution is 2.35. The molecule has 108 valence electrons. The summed E-state index contributed by atoms with van der Waals surface area (Å²) < 4.78 is 0. The van der Waals surface area contributed by atoms with Crippen molar-refractivity contribution in [3.8, 4) is 0 Å². The van der Waals surface area contributed by atoms with Gasteiger partial charge in [-0.05, 0) is 18.3 Å². The summed E-state index contributed by atoms with van der Waals surface area (Å²) in [5.41, 5.74) is 0.249. The topological polar surface area (TPSA) is 69.6 Å². The van der Waals surface area contributed by atoms with Gasteiger partial charge in [-0.2, -0.15) is 0 Å². The van der Waals surface area contributed by atoms with Crippen molar-refractivity contribution in [1.29, 1.82) is 0 Å². The fourth-order valence-corrected chi connectivity index (χ4v) is 3.09. The van der Waals surface area contributed by atoms with Gasteiger partial charge in [-0.25, -0.2) is 4.79 Å². The molecule has 1 saturated heterocycles. The third-order valence-corrected chi connectivity index (χ3v) is 4.43. The highest BCUT2D eigenvalue weighted by molar-refractivity contribution is 5.75. The molecule has 19 heavy (non-hydrogen) atoms. The molecule has 0 spiro atoms. The molecule has 1 saturated carbocycles. The van der Waals surface area contributed by atoms with Gasteiger partial charge in [0.2, 0.25) is 0 Å². The first kappa shape index (κ1) is 14.2. The molecule has 5 nitrogen and oxygen atoms in total. The second-order valence-electron chi connectivity index (χ2n) is 6.40. The Bertz CT molecular complexity index is 345. The van der Waals surface area contributed by atoms with Gasteiger partial charge in [-0.15, -0.1) is 0 Å². The lowest BCUT2D eigenvalue weighted by Gasteiger charge is -2.40. The molecule has 0 aromatic heterocycles. The van der Waals surface area contributed by atoms with E-state index in [1.165, 1.54) is 32.1 Å². The number of carbonyl (C=O) groups is 2. The lowest BCUT2D eigenvalue weighted by Crippen LogP contribution is -2.55. The number of carboxylic acid groups (broad SMARTS) is 1. The van der Waals surface area contributed by atoms with Gasteiger partial charge in [-0.1, -0.05) is 26.2 Å². The van der Waals surface area contributed by atoms with Crippen LogP contribution in [0.15, 0.2) is 0 Å². The van der Waals surface area contributed by atoms with Gasteiger partial charge in [0.15, 0.2) is 0 Å². The SMILES string of the molecule is CC1(CNC(=O)N2CC(CC(=O)O)C2)CCCCC1. The number of hydrogen-bond donors (Lipinski definition) is 2. The molecule has 0 bridgehead atoms. The Hall–Kier alpha value is -1.26. The molecule has 0 unspecified atom stereocenters. The largest absolute Gasteiger partial charge is 0.481 e. The quantitative estimate of drug-likeness (QED) is 0.820. The molecular formula is C14H24N2O3. The van der Waals surface area contributed by atoms with Gasteiger partial charge in [0, 0.05) is 25.6 Å². The number of aliphatic carboxylic acids is 1. The standard InChI is InChI=1S/C14H24N2O3/c1-14(5-3-2-4-6-14)10-15-13(19)16-8-11(9-16)7-12(17)18/h11H,2-10H2,1H3,(H,15,19)(H,17,18). The number of urea groups is 1. The normalized spacial score (nSPS) is 22.7. The lowest BCUT2D eigenvalue weighted by atomic mass is 9.76. The van der Waals surface area contributed by atoms with Crippen LogP contribution in [0.25, 0.3) is 0 Å². The zero-order valence-electron chi connectivity index (χ0n) is 11.7. The van der Waals surface area contributed by atoms with Crippen LogP contribution in [0.1, 0.15) is 45.4 Å². The maximum atomic E-state index is 11.9. The Morgan fingerprint density at radius 2 is 1.89 bits per heavy atom. The van der Waals surface area contributed by atoms with E-state index in [0.29, 0.717) is 13.1 Å². The van der Waals surface area contributed by atoms with Gasteiger partial charge in [0.25, 0.3) is 0 Å². The van der Waals surface area contributed by atoms with Crippen LogP contribution in [0.2, 0.25) is 0 Å². The van der Waals surface area contributed by atoms with E-state index in [0.717, 1.165) is 6.54 Å². The molecule has 0 radical (unpaired) electrons. The van der Waals surface area contributed by atoms with Crippen LogP contribution in [0.5, 0.6) is 0 Å². The molecule has 2 rings (SSSR count). The second-order valence-corrected chi connectivity index (χ2v) is 6.40. The predicted octanol–water partition coefficient (Wildman–Crippen LogP) is 2.07.